The summed E-state index contributed by atoms with van der Waals surface area (Å²) >= 11 is 0. The van der Waals surface area contributed by atoms with Crippen LogP contribution in [0.2, 0.25) is 0 Å². The van der Waals surface area contributed by atoms with Gasteiger partial charge in [0.1, 0.15) is 11.3 Å². The first-order chi connectivity index (χ1) is 17.0. The zero-order valence-electron chi connectivity index (χ0n) is 22.8. The number of aromatic carboxylic acids is 1. The molecular weight excluding hydrogens is 440 g/mol. The van der Waals surface area contributed by atoms with Crippen LogP contribution >= 0.6 is 0 Å². The SMILES string of the molecule is CCCCCCCCCc1c(O)c(O)c(C(=O)O)c(OCCCCC)c1CCCCCCCCC. The maximum Gasteiger partial charge on any atom is 0.343 e. The van der Waals surface area contributed by atoms with Crippen LogP contribution in [0.3, 0.4) is 0 Å². The van der Waals surface area contributed by atoms with Gasteiger partial charge in [-0.3, -0.25) is 0 Å². The molecule has 0 bridgehead atoms. The highest BCUT2D eigenvalue weighted by atomic mass is 16.5. The standard InChI is InChI=1S/C30H52O5/c1-4-7-10-12-14-16-18-21-24-25(22-19-17-15-13-11-8-5-2)29(35-23-20-9-6-3)26(30(33)34)28(32)27(24)31/h31-32H,4-23H2,1-3H3,(H,33,34). The lowest BCUT2D eigenvalue weighted by Crippen LogP contribution is -2.11. The van der Waals surface area contributed by atoms with Gasteiger partial charge in [-0.2, -0.15) is 0 Å². The van der Waals surface area contributed by atoms with Crippen LogP contribution in [0, 0.1) is 0 Å². The van der Waals surface area contributed by atoms with Gasteiger partial charge in [0, 0.05) is 11.1 Å². The van der Waals surface area contributed by atoms with Gasteiger partial charge >= 0.3 is 5.97 Å². The predicted molar refractivity (Wildman–Crippen MR) is 145 cm³/mol. The van der Waals surface area contributed by atoms with E-state index in [1.807, 2.05) is 0 Å². The van der Waals surface area contributed by atoms with E-state index in [2.05, 4.69) is 20.8 Å². The van der Waals surface area contributed by atoms with E-state index in [1.165, 1.54) is 51.4 Å². The van der Waals surface area contributed by atoms with Gasteiger partial charge < -0.3 is 20.1 Å². The summed E-state index contributed by atoms with van der Waals surface area (Å²) in [5.41, 5.74) is 1.17. The third-order valence-electron chi connectivity index (χ3n) is 6.88. The van der Waals surface area contributed by atoms with Crippen LogP contribution in [0.25, 0.3) is 0 Å². The summed E-state index contributed by atoms with van der Waals surface area (Å²) in [5, 5.41) is 31.3. The number of hydrogen-bond donors (Lipinski definition) is 3. The molecule has 0 spiro atoms. The second-order valence-corrected chi connectivity index (χ2v) is 9.96. The monoisotopic (exact) mass is 492 g/mol. The van der Waals surface area contributed by atoms with Gasteiger partial charge in [-0.25, -0.2) is 4.79 Å². The van der Waals surface area contributed by atoms with E-state index >= 15 is 0 Å². The van der Waals surface area contributed by atoms with Crippen molar-refractivity contribution in [2.24, 2.45) is 0 Å². The minimum atomic E-state index is -1.26. The Bertz CT molecular complexity index is 713. The van der Waals surface area contributed by atoms with Crippen LogP contribution in [-0.4, -0.2) is 27.9 Å². The average Bonchev–Trinajstić information content (AvgIpc) is 2.84. The van der Waals surface area contributed by atoms with Gasteiger partial charge in [0.05, 0.1) is 6.61 Å². The number of phenolic OH excluding ortho intramolecular Hbond substituents is 1. The summed E-state index contributed by atoms with van der Waals surface area (Å²) < 4.78 is 6.04. The zero-order chi connectivity index (χ0) is 25.9. The number of rotatable bonds is 22. The van der Waals surface area contributed by atoms with Crippen molar-refractivity contribution >= 4 is 5.97 Å². The van der Waals surface area contributed by atoms with Crippen LogP contribution in [-0.2, 0) is 12.8 Å². The Morgan fingerprint density at radius 3 is 1.51 bits per heavy atom. The van der Waals surface area contributed by atoms with Gasteiger partial charge in [0.2, 0.25) is 0 Å². The number of ether oxygens (including phenoxy) is 1. The molecule has 1 aromatic rings. The fraction of sp³-hybridized carbons (Fsp3) is 0.767. The highest BCUT2D eigenvalue weighted by molar-refractivity contribution is 5.96. The molecule has 5 nitrogen and oxygen atoms in total. The van der Waals surface area contributed by atoms with Crippen molar-refractivity contribution in [3.63, 3.8) is 0 Å². The molecule has 35 heavy (non-hydrogen) atoms. The van der Waals surface area contributed by atoms with Crippen LogP contribution < -0.4 is 4.74 Å². The molecule has 0 saturated heterocycles. The minimum Gasteiger partial charge on any atom is -0.504 e. The summed E-state index contributed by atoms with van der Waals surface area (Å²) in [6.45, 7) is 6.96. The van der Waals surface area contributed by atoms with Gasteiger partial charge in [0.15, 0.2) is 11.5 Å². The molecule has 0 heterocycles. The first-order valence-electron chi connectivity index (χ1n) is 14.4. The molecule has 0 fully saturated rings. The van der Waals surface area contributed by atoms with E-state index < -0.39 is 11.7 Å². The van der Waals surface area contributed by atoms with Crippen LogP contribution in [0.15, 0.2) is 0 Å². The summed E-state index contributed by atoms with van der Waals surface area (Å²) in [5.74, 6) is -1.81. The summed E-state index contributed by atoms with van der Waals surface area (Å²) in [6.07, 6.45) is 20.4. The highest BCUT2D eigenvalue weighted by Gasteiger charge is 2.28. The third-order valence-corrected chi connectivity index (χ3v) is 6.88. The number of carboxylic acid groups (broad SMARTS) is 1. The molecule has 0 atom stereocenters. The third kappa shape index (κ3) is 11.6. The molecule has 0 aromatic heterocycles. The van der Waals surface area contributed by atoms with Crippen molar-refractivity contribution in [1.82, 2.24) is 0 Å². The molecule has 5 heteroatoms. The fourth-order valence-electron chi connectivity index (χ4n) is 4.74. The molecule has 0 radical (unpaired) electrons. The first kappa shape index (κ1) is 31.1. The molecule has 0 aliphatic carbocycles. The van der Waals surface area contributed by atoms with Crippen molar-refractivity contribution in [1.29, 1.82) is 0 Å². The minimum absolute atomic E-state index is 0.271. The molecule has 1 aromatic carbocycles. The summed E-state index contributed by atoms with van der Waals surface area (Å²) in [7, 11) is 0. The van der Waals surface area contributed by atoms with Gasteiger partial charge in [-0.15, -0.1) is 0 Å². The average molecular weight is 493 g/mol. The lowest BCUT2D eigenvalue weighted by atomic mass is 9.91. The van der Waals surface area contributed by atoms with Crippen LogP contribution in [0.4, 0.5) is 0 Å². The van der Waals surface area contributed by atoms with Gasteiger partial charge in [-0.05, 0) is 32.1 Å². The smallest absolute Gasteiger partial charge is 0.343 e. The summed E-state index contributed by atoms with van der Waals surface area (Å²) in [6, 6.07) is 0. The number of benzene rings is 1. The molecule has 0 aliphatic heterocycles. The van der Waals surface area contributed by atoms with E-state index in [0.29, 0.717) is 25.0 Å². The van der Waals surface area contributed by atoms with Crippen LogP contribution in [0.5, 0.6) is 17.2 Å². The molecule has 0 saturated carbocycles. The topological polar surface area (TPSA) is 87.0 Å². The Hall–Kier alpha value is -1.91. The Labute approximate surface area is 214 Å². The van der Waals surface area contributed by atoms with Gasteiger partial charge in [-0.1, -0.05) is 111 Å². The lowest BCUT2D eigenvalue weighted by molar-refractivity contribution is 0.0687. The van der Waals surface area contributed by atoms with E-state index in [0.717, 1.165) is 63.4 Å². The lowest BCUT2D eigenvalue weighted by Gasteiger charge is -2.21. The number of hydrogen-bond acceptors (Lipinski definition) is 4. The number of phenols is 2. The van der Waals surface area contributed by atoms with E-state index in [4.69, 9.17) is 4.74 Å². The molecule has 0 unspecified atom stereocenters. The van der Waals surface area contributed by atoms with Gasteiger partial charge in [0.25, 0.3) is 0 Å². The molecule has 3 N–H and O–H groups in total. The van der Waals surface area contributed by atoms with E-state index in [1.54, 1.807) is 0 Å². The van der Waals surface area contributed by atoms with E-state index in [-0.39, 0.29) is 17.1 Å². The zero-order valence-corrected chi connectivity index (χ0v) is 22.8. The molecule has 202 valence electrons. The number of carbonyl (C=O) groups is 1. The van der Waals surface area contributed by atoms with Crippen LogP contribution in [0.1, 0.15) is 151 Å². The van der Waals surface area contributed by atoms with Crippen molar-refractivity contribution < 1.29 is 24.9 Å². The van der Waals surface area contributed by atoms with E-state index in [9.17, 15) is 20.1 Å². The van der Waals surface area contributed by atoms with Crippen molar-refractivity contribution in [2.75, 3.05) is 6.61 Å². The Kier molecular flexibility index (Phi) is 17.2. The maximum atomic E-state index is 12.1. The molecule has 0 amide bonds. The predicted octanol–water partition coefficient (Wildman–Crippen LogP) is 8.95. The largest absolute Gasteiger partial charge is 0.504 e. The van der Waals surface area contributed by atoms with Crippen molar-refractivity contribution in [3.8, 4) is 17.2 Å². The molecular formula is C30H52O5. The highest BCUT2D eigenvalue weighted by Crippen LogP contribution is 2.44. The number of carboxylic acids is 1. The normalized spacial score (nSPS) is 11.2. The van der Waals surface area contributed by atoms with Crippen molar-refractivity contribution in [2.45, 2.75) is 143 Å². The Balaban J connectivity index is 3.06. The number of unbranched alkanes of at least 4 members (excludes halogenated alkanes) is 14. The van der Waals surface area contributed by atoms with Crippen molar-refractivity contribution in [3.05, 3.63) is 16.7 Å². The second-order valence-electron chi connectivity index (χ2n) is 9.96. The Morgan fingerprint density at radius 2 is 1.03 bits per heavy atom. The number of aromatic hydroxyl groups is 2. The quantitative estimate of drug-likeness (QED) is 0.111. The second kappa shape index (κ2) is 19.3. The molecule has 1 rings (SSSR count). The first-order valence-corrected chi connectivity index (χ1v) is 14.4. The summed E-state index contributed by atoms with van der Waals surface area (Å²) in [4.78, 5) is 12.1. The fourth-order valence-corrected chi connectivity index (χ4v) is 4.74. The maximum absolute atomic E-state index is 12.1. The Morgan fingerprint density at radius 1 is 0.600 bits per heavy atom. The molecule has 0 aliphatic rings.